The highest BCUT2D eigenvalue weighted by atomic mass is 16.5. The zero-order valence-electron chi connectivity index (χ0n) is 12.8. The summed E-state index contributed by atoms with van der Waals surface area (Å²) in [5, 5.41) is 10.7. The Morgan fingerprint density at radius 1 is 1.24 bits per heavy atom. The number of ether oxygens (including phenoxy) is 1. The fourth-order valence-electron chi connectivity index (χ4n) is 1.99. The lowest BCUT2D eigenvalue weighted by Gasteiger charge is -2.10. The molecule has 0 atom stereocenters. The molecule has 2 heterocycles. The normalized spacial score (nSPS) is 10.6. The topological polar surface area (TPSA) is 76.9 Å². The Bertz CT molecular complexity index is 544. The molecule has 0 bridgehead atoms. The number of hydrogen-bond donors (Lipinski definition) is 2. The number of nitrogens with one attached hydrogen (secondary N) is 2. The number of hydrogen-bond acceptors (Lipinski definition) is 6. The van der Waals surface area contributed by atoms with Crippen LogP contribution in [-0.4, -0.2) is 39.9 Å². The van der Waals surface area contributed by atoms with E-state index in [0.717, 1.165) is 31.1 Å². The van der Waals surface area contributed by atoms with E-state index < -0.39 is 0 Å². The van der Waals surface area contributed by atoms with E-state index in [1.54, 1.807) is 11.8 Å². The highest BCUT2D eigenvalue weighted by Crippen LogP contribution is 2.12. The van der Waals surface area contributed by atoms with Crippen molar-refractivity contribution in [3.8, 4) is 0 Å². The standard InChI is InChI=1S/C14H22N6O/c1-4-15-12-7-13(19-14(18-12)10-21-3)16-6-5-11-8-17-20(2)9-11/h7-9H,4-6,10H2,1-3H3,(H2,15,16,18,19). The van der Waals surface area contributed by atoms with E-state index in [4.69, 9.17) is 4.74 Å². The monoisotopic (exact) mass is 290 g/mol. The minimum Gasteiger partial charge on any atom is -0.377 e. The maximum absolute atomic E-state index is 5.10. The van der Waals surface area contributed by atoms with Crippen molar-refractivity contribution in [1.82, 2.24) is 19.7 Å². The van der Waals surface area contributed by atoms with Crippen LogP contribution in [0.15, 0.2) is 18.5 Å². The van der Waals surface area contributed by atoms with Gasteiger partial charge in [-0.05, 0) is 18.9 Å². The molecule has 2 rings (SSSR count). The first-order chi connectivity index (χ1) is 10.2. The lowest BCUT2D eigenvalue weighted by Crippen LogP contribution is -2.10. The molecule has 0 saturated heterocycles. The summed E-state index contributed by atoms with van der Waals surface area (Å²) in [6, 6.07) is 1.91. The number of aryl methyl sites for hydroxylation is 1. The van der Waals surface area contributed by atoms with Crippen LogP contribution in [0.4, 0.5) is 11.6 Å². The van der Waals surface area contributed by atoms with E-state index in [9.17, 15) is 0 Å². The Labute approximate surface area is 124 Å². The van der Waals surface area contributed by atoms with Crippen molar-refractivity contribution in [2.24, 2.45) is 7.05 Å². The third-order valence-corrected chi connectivity index (χ3v) is 2.88. The molecule has 0 amide bonds. The first-order valence-electron chi connectivity index (χ1n) is 7.03. The minimum absolute atomic E-state index is 0.399. The molecule has 0 radical (unpaired) electrons. The summed E-state index contributed by atoms with van der Waals surface area (Å²) >= 11 is 0. The molecule has 0 aliphatic carbocycles. The summed E-state index contributed by atoms with van der Waals surface area (Å²) in [6.07, 6.45) is 4.79. The lowest BCUT2D eigenvalue weighted by molar-refractivity contribution is 0.178. The average Bonchev–Trinajstić information content (AvgIpc) is 2.85. The number of aromatic nitrogens is 4. The molecule has 2 aromatic heterocycles. The van der Waals surface area contributed by atoms with Crippen LogP contribution in [-0.2, 0) is 24.8 Å². The van der Waals surface area contributed by atoms with Gasteiger partial charge in [-0.3, -0.25) is 4.68 Å². The quantitative estimate of drug-likeness (QED) is 0.766. The van der Waals surface area contributed by atoms with Crippen molar-refractivity contribution in [3.05, 3.63) is 29.8 Å². The second kappa shape index (κ2) is 7.58. The van der Waals surface area contributed by atoms with Crippen LogP contribution >= 0.6 is 0 Å². The first-order valence-corrected chi connectivity index (χ1v) is 7.03. The highest BCUT2D eigenvalue weighted by Gasteiger charge is 2.04. The molecule has 0 fully saturated rings. The van der Waals surface area contributed by atoms with Crippen LogP contribution in [0.1, 0.15) is 18.3 Å². The third kappa shape index (κ3) is 4.71. The predicted molar refractivity (Wildman–Crippen MR) is 82.3 cm³/mol. The zero-order valence-corrected chi connectivity index (χ0v) is 12.8. The van der Waals surface area contributed by atoms with Gasteiger partial charge < -0.3 is 15.4 Å². The van der Waals surface area contributed by atoms with Crippen LogP contribution in [0, 0.1) is 0 Å². The minimum atomic E-state index is 0.399. The van der Waals surface area contributed by atoms with Gasteiger partial charge in [0.05, 0.1) is 6.20 Å². The van der Waals surface area contributed by atoms with Crippen molar-refractivity contribution >= 4 is 11.6 Å². The molecule has 0 aliphatic rings. The predicted octanol–water partition coefficient (Wildman–Crippen LogP) is 1.44. The second-order valence-electron chi connectivity index (χ2n) is 4.72. The Morgan fingerprint density at radius 2 is 2.00 bits per heavy atom. The highest BCUT2D eigenvalue weighted by molar-refractivity contribution is 5.47. The van der Waals surface area contributed by atoms with Crippen LogP contribution in [0.3, 0.4) is 0 Å². The molecular weight excluding hydrogens is 268 g/mol. The molecule has 0 spiro atoms. The summed E-state index contributed by atoms with van der Waals surface area (Å²) < 4.78 is 6.91. The fourth-order valence-corrected chi connectivity index (χ4v) is 1.99. The Balaban J connectivity index is 1.97. The molecule has 114 valence electrons. The van der Waals surface area contributed by atoms with Gasteiger partial charge in [-0.25, -0.2) is 9.97 Å². The van der Waals surface area contributed by atoms with E-state index in [0.29, 0.717) is 12.4 Å². The van der Waals surface area contributed by atoms with E-state index >= 15 is 0 Å². The van der Waals surface area contributed by atoms with Gasteiger partial charge in [-0.15, -0.1) is 0 Å². The van der Waals surface area contributed by atoms with Gasteiger partial charge >= 0.3 is 0 Å². The van der Waals surface area contributed by atoms with Crippen LogP contribution in [0.2, 0.25) is 0 Å². The summed E-state index contributed by atoms with van der Waals surface area (Å²) in [5.74, 6) is 2.28. The molecule has 0 aromatic carbocycles. The fraction of sp³-hybridized carbons (Fsp3) is 0.500. The molecular formula is C14H22N6O. The smallest absolute Gasteiger partial charge is 0.158 e. The maximum atomic E-state index is 5.10. The molecule has 7 nitrogen and oxygen atoms in total. The Morgan fingerprint density at radius 3 is 2.62 bits per heavy atom. The van der Waals surface area contributed by atoms with Crippen molar-refractivity contribution in [3.63, 3.8) is 0 Å². The van der Waals surface area contributed by atoms with Crippen molar-refractivity contribution in [2.75, 3.05) is 30.8 Å². The summed E-state index contributed by atoms with van der Waals surface area (Å²) in [4.78, 5) is 8.82. The summed E-state index contributed by atoms with van der Waals surface area (Å²) in [6.45, 7) is 4.05. The molecule has 7 heteroatoms. The molecule has 0 aliphatic heterocycles. The third-order valence-electron chi connectivity index (χ3n) is 2.88. The van der Waals surface area contributed by atoms with Crippen molar-refractivity contribution in [2.45, 2.75) is 20.0 Å². The number of rotatable bonds is 8. The van der Waals surface area contributed by atoms with Gasteiger partial charge in [0.2, 0.25) is 0 Å². The number of methoxy groups -OCH3 is 1. The maximum Gasteiger partial charge on any atom is 0.158 e. The lowest BCUT2D eigenvalue weighted by atomic mass is 10.2. The van der Waals surface area contributed by atoms with Gasteiger partial charge in [0.1, 0.15) is 18.2 Å². The molecule has 21 heavy (non-hydrogen) atoms. The van der Waals surface area contributed by atoms with Crippen LogP contribution in [0.25, 0.3) is 0 Å². The van der Waals surface area contributed by atoms with Gasteiger partial charge in [0, 0.05) is 39.5 Å². The molecule has 2 N–H and O–H groups in total. The van der Waals surface area contributed by atoms with Gasteiger partial charge in [-0.1, -0.05) is 0 Å². The average molecular weight is 290 g/mol. The number of anilines is 2. The van der Waals surface area contributed by atoms with E-state index in [2.05, 4.69) is 25.7 Å². The van der Waals surface area contributed by atoms with Gasteiger partial charge in [-0.2, -0.15) is 5.10 Å². The second-order valence-corrected chi connectivity index (χ2v) is 4.72. The van der Waals surface area contributed by atoms with Crippen molar-refractivity contribution in [1.29, 1.82) is 0 Å². The van der Waals surface area contributed by atoms with E-state index in [-0.39, 0.29) is 0 Å². The zero-order chi connectivity index (χ0) is 15.1. The molecule has 2 aromatic rings. The van der Waals surface area contributed by atoms with E-state index in [1.807, 2.05) is 32.4 Å². The van der Waals surface area contributed by atoms with Crippen molar-refractivity contribution < 1.29 is 4.74 Å². The molecule has 0 unspecified atom stereocenters. The molecule has 0 saturated carbocycles. The van der Waals surface area contributed by atoms with E-state index in [1.165, 1.54) is 5.56 Å². The van der Waals surface area contributed by atoms with Crippen LogP contribution < -0.4 is 10.6 Å². The summed E-state index contributed by atoms with van der Waals surface area (Å²) in [5.41, 5.74) is 1.20. The largest absolute Gasteiger partial charge is 0.377 e. The Hall–Kier alpha value is -2.15. The SMILES string of the molecule is CCNc1cc(NCCc2cnn(C)c2)nc(COC)n1. The first kappa shape index (κ1) is 15.2. The van der Waals surface area contributed by atoms with Gasteiger partial charge in [0.15, 0.2) is 5.82 Å². The van der Waals surface area contributed by atoms with Crippen LogP contribution in [0.5, 0.6) is 0 Å². The Kier molecular flexibility index (Phi) is 5.51. The summed E-state index contributed by atoms with van der Waals surface area (Å²) in [7, 11) is 3.56. The van der Waals surface area contributed by atoms with Gasteiger partial charge in [0.25, 0.3) is 0 Å². The number of nitrogens with zero attached hydrogens (tertiary/aromatic N) is 4.